The Balaban J connectivity index is 1.67. The molecule has 118 valence electrons. The summed E-state index contributed by atoms with van der Waals surface area (Å²) >= 11 is 1.70. The number of rotatable bonds is 4. The zero-order valence-electron chi connectivity index (χ0n) is 13.1. The monoisotopic (exact) mass is 326 g/mol. The highest BCUT2D eigenvalue weighted by molar-refractivity contribution is 7.99. The van der Waals surface area contributed by atoms with Gasteiger partial charge in [-0.15, -0.1) is 0 Å². The topological polar surface area (TPSA) is 34.1 Å². The summed E-state index contributed by atoms with van der Waals surface area (Å²) in [7, 11) is 1.67. The van der Waals surface area contributed by atoms with E-state index in [0.29, 0.717) is 6.04 Å². The minimum absolute atomic E-state index is 0.298. The third kappa shape index (κ3) is 2.18. The first-order valence-electron chi connectivity index (χ1n) is 7.57. The number of benzene rings is 2. The predicted molar refractivity (Wildman–Crippen MR) is 92.5 cm³/mol. The van der Waals surface area contributed by atoms with E-state index in [1.165, 1.54) is 5.56 Å². The van der Waals surface area contributed by atoms with E-state index in [1.54, 1.807) is 18.9 Å². The van der Waals surface area contributed by atoms with Crippen LogP contribution in [0.4, 0.5) is 0 Å². The maximum atomic E-state index is 5.81. The van der Waals surface area contributed by atoms with Crippen molar-refractivity contribution in [2.45, 2.75) is 17.5 Å². The van der Waals surface area contributed by atoms with E-state index in [0.717, 1.165) is 23.6 Å². The van der Waals surface area contributed by atoms with E-state index in [-0.39, 0.29) is 5.06 Å². The Morgan fingerprint density at radius 3 is 2.57 bits per heavy atom. The second-order valence-electron chi connectivity index (χ2n) is 5.65. The number of thioether (sulfide) groups is 1. The van der Waals surface area contributed by atoms with E-state index in [2.05, 4.69) is 40.6 Å². The Hall–Kier alpha value is -2.14. The molecule has 2 aliphatic rings. The first-order chi connectivity index (χ1) is 11.3. The molecule has 0 spiro atoms. The van der Waals surface area contributed by atoms with Gasteiger partial charge in [-0.1, -0.05) is 47.2 Å². The molecule has 0 radical (unpaired) electrons. The predicted octanol–water partition coefficient (Wildman–Crippen LogP) is 3.85. The molecule has 0 bridgehead atoms. The van der Waals surface area contributed by atoms with Gasteiger partial charge >= 0.3 is 0 Å². The summed E-state index contributed by atoms with van der Waals surface area (Å²) < 4.78 is 5.24. The summed E-state index contributed by atoms with van der Waals surface area (Å²) in [5.41, 5.74) is 2.34. The van der Waals surface area contributed by atoms with Crippen LogP contribution in [0.15, 0.2) is 59.8 Å². The van der Waals surface area contributed by atoms with Crippen molar-refractivity contribution in [3.63, 3.8) is 0 Å². The fourth-order valence-corrected chi connectivity index (χ4v) is 4.05. The lowest BCUT2D eigenvalue weighted by atomic mass is 9.91. The highest BCUT2D eigenvalue weighted by Crippen LogP contribution is 2.56. The molecule has 0 N–H and O–H groups in total. The molecule has 1 fully saturated rings. The fourth-order valence-electron chi connectivity index (χ4n) is 3.20. The SMILES string of the molecule is COc1ccc(C2=NO[C@@]3(SC)C[C@H](c4ccccc4)N23)cc1. The molecular weight excluding hydrogens is 308 g/mol. The van der Waals surface area contributed by atoms with Gasteiger partial charge in [0.15, 0.2) is 5.84 Å². The molecule has 23 heavy (non-hydrogen) atoms. The van der Waals surface area contributed by atoms with Crippen molar-refractivity contribution in [1.29, 1.82) is 0 Å². The second kappa shape index (κ2) is 5.49. The molecule has 1 saturated heterocycles. The Labute approximate surface area is 140 Å². The number of oxime groups is 1. The van der Waals surface area contributed by atoms with Gasteiger partial charge in [0.25, 0.3) is 5.06 Å². The van der Waals surface area contributed by atoms with Crippen LogP contribution in [0, 0.1) is 0 Å². The lowest BCUT2D eigenvalue weighted by Gasteiger charge is -2.51. The first-order valence-corrected chi connectivity index (χ1v) is 8.80. The summed E-state index contributed by atoms with van der Waals surface area (Å²) in [6, 6.07) is 18.8. The Bertz CT molecular complexity index is 732. The van der Waals surface area contributed by atoms with E-state index in [1.807, 2.05) is 30.3 Å². The molecule has 4 rings (SSSR count). The van der Waals surface area contributed by atoms with Crippen molar-refractivity contribution in [1.82, 2.24) is 4.90 Å². The standard InChI is InChI=1S/C18H18N2O2S/c1-21-15-10-8-14(9-11-15)17-19-22-18(23-2)12-16(20(17)18)13-6-4-3-5-7-13/h3-11,16H,12H2,1-2H3/t16-,18-/m1/s1. The smallest absolute Gasteiger partial charge is 0.261 e. The average Bonchev–Trinajstić information content (AvgIpc) is 2.89. The van der Waals surface area contributed by atoms with Crippen LogP contribution in [0.5, 0.6) is 5.75 Å². The van der Waals surface area contributed by atoms with Crippen molar-refractivity contribution in [2.24, 2.45) is 5.16 Å². The number of methoxy groups -OCH3 is 1. The van der Waals surface area contributed by atoms with Crippen LogP contribution in [-0.2, 0) is 4.84 Å². The molecule has 2 heterocycles. The highest BCUT2D eigenvalue weighted by atomic mass is 32.2. The van der Waals surface area contributed by atoms with Gasteiger partial charge in [0.1, 0.15) is 5.75 Å². The maximum Gasteiger partial charge on any atom is 0.261 e. The normalized spacial score (nSPS) is 25.2. The highest BCUT2D eigenvalue weighted by Gasteiger charge is 2.60. The molecule has 2 aliphatic heterocycles. The molecular formula is C18H18N2O2S. The van der Waals surface area contributed by atoms with Gasteiger partial charge in [0, 0.05) is 12.0 Å². The van der Waals surface area contributed by atoms with E-state index >= 15 is 0 Å². The Morgan fingerprint density at radius 2 is 1.91 bits per heavy atom. The van der Waals surface area contributed by atoms with Crippen LogP contribution in [0.1, 0.15) is 23.6 Å². The van der Waals surface area contributed by atoms with Gasteiger partial charge in [-0.2, -0.15) is 0 Å². The van der Waals surface area contributed by atoms with Crippen LogP contribution in [0.2, 0.25) is 0 Å². The molecule has 4 nitrogen and oxygen atoms in total. The largest absolute Gasteiger partial charge is 0.497 e. The molecule has 0 aromatic heterocycles. The molecule has 0 amide bonds. The van der Waals surface area contributed by atoms with Crippen molar-refractivity contribution in [3.05, 3.63) is 65.7 Å². The van der Waals surface area contributed by atoms with Gasteiger partial charge in [-0.3, -0.25) is 4.90 Å². The molecule has 0 saturated carbocycles. The third-order valence-electron chi connectivity index (χ3n) is 4.48. The van der Waals surface area contributed by atoms with Crippen LogP contribution < -0.4 is 4.74 Å². The van der Waals surface area contributed by atoms with E-state index < -0.39 is 0 Å². The fraction of sp³-hybridized carbons (Fsp3) is 0.278. The zero-order valence-corrected chi connectivity index (χ0v) is 13.9. The number of hydrogen-bond acceptors (Lipinski definition) is 5. The van der Waals surface area contributed by atoms with Crippen molar-refractivity contribution >= 4 is 17.6 Å². The Morgan fingerprint density at radius 1 is 1.17 bits per heavy atom. The van der Waals surface area contributed by atoms with Gasteiger partial charge < -0.3 is 9.57 Å². The molecule has 2 aromatic rings. The number of fused-ring (bicyclic) bond motifs is 1. The quantitative estimate of drug-likeness (QED) is 0.854. The molecule has 2 atom stereocenters. The van der Waals surface area contributed by atoms with E-state index in [4.69, 9.17) is 9.57 Å². The Kier molecular flexibility index (Phi) is 3.45. The summed E-state index contributed by atoms with van der Waals surface area (Å²) in [4.78, 5) is 8.10. The van der Waals surface area contributed by atoms with Crippen molar-refractivity contribution in [2.75, 3.05) is 13.4 Å². The first kappa shape index (κ1) is 14.5. The number of nitrogens with zero attached hydrogens (tertiary/aromatic N) is 2. The minimum atomic E-state index is -0.365. The summed E-state index contributed by atoms with van der Waals surface area (Å²) in [5, 5.41) is 4.02. The van der Waals surface area contributed by atoms with Crippen molar-refractivity contribution < 1.29 is 9.57 Å². The molecule has 2 aromatic carbocycles. The van der Waals surface area contributed by atoms with Crippen LogP contribution in [0.3, 0.4) is 0 Å². The summed E-state index contributed by atoms with van der Waals surface area (Å²) in [6.07, 6.45) is 3.00. The maximum absolute atomic E-state index is 5.81. The number of ether oxygens (including phenoxy) is 1. The molecule has 0 unspecified atom stereocenters. The zero-order chi connectivity index (χ0) is 15.9. The van der Waals surface area contributed by atoms with Gasteiger partial charge in [-0.05, 0) is 36.1 Å². The third-order valence-corrected chi connectivity index (χ3v) is 5.56. The molecule has 5 heteroatoms. The minimum Gasteiger partial charge on any atom is -0.497 e. The van der Waals surface area contributed by atoms with Gasteiger partial charge in [0.2, 0.25) is 0 Å². The summed E-state index contributed by atoms with van der Waals surface area (Å²) in [5.74, 6) is 1.73. The van der Waals surface area contributed by atoms with Gasteiger partial charge in [0.05, 0.1) is 13.2 Å². The van der Waals surface area contributed by atoms with Crippen LogP contribution in [-0.4, -0.2) is 29.2 Å². The summed E-state index contributed by atoms with van der Waals surface area (Å²) in [6.45, 7) is 0. The number of amidine groups is 1. The lowest BCUT2D eigenvalue weighted by molar-refractivity contribution is -0.118. The van der Waals surface area contributed by atoms with Crippen LogP contribution >= 0.6 is 11.8 Å². The number of hydrogen-bond donors (Lipinski definition) is 0. The second-order valence-corrected chi connectivity index (χ2v) is 6.70. The van der Waals surface area contributed by atoms with Crippen molar-refractivity contribution in [3.8, 4) is 5.75 Å². The average molecular weight is 326 g/mol. The lowest BCUT2D eigenvalue weighted by Crippen LogP contribution is -2.59. The van der Waals surface area contributed by atoms with Gasteiger partial charge in [-0.25, -0.2) is 0 Å². The van der Waals surface area contributed by atoms with Crippen LogP contribution in [0.25, 0.3) is 0 Å². The van der Waals surface area contributed by atoms with E-state index in [9.17, 15) is 0 Å². The molecule has 0 aliphatic carbocycles.